The van der Waals surface area contributed by atoms with Crippen LogP contribution in [0.1, 0.15) is 25.7 Å². The summed E-state index contributed by atoms with van der Waals surface area (Å²) in [5.41, 5.74) is 2.37. The second-order valence-corrected chi connectivity index (χ2v) is 8.03. The molecule has 5 rings (SSSR count). The molecule has 2 unspecified atom stereocenters. The van der Waals surface area contributed by atoms with Gasteiger partial charge in [-0.25, -0.2) is 4.98 Å². The third-order valence-corrected chi connectivity index (χ3v) is 6.58. The highest BCUT2D eigenvalue weighted by molar-refractivity contribution is 7.16. The number of benzene rings is 1. The molecule has 3 atom stereocenters. The van der Waals surface area contributed by atoms with Crippen molar-refractivity contribution in [2.75, 3.05) is 7.05 Å². The molecule has 2 saturated heterocycles. The van der Waals surface area contributed by atoms with Crippen LogP contribution in [0.2, 0.25) is 0 Å². The van der Waals surface area contributed by atoms with Crippen LogP contribution in [0.5, 0.6) is 5.19 Å². The molecular weight excluding hydrogens is 318 g/mol. The molecule has 1 aromatic carbocycles. The molecule has 4 nitrogen and oxygen atoms in total. The highest BCUT2D eigenvalue weighted by atomic mass is 32.1. The Hall–Kier alpha value is -1.85. The molecule has 4 heterocycles. The smallest absolute Gasteiger partial charge is 0.273 e. The first-order valence-electron chi connectivity index (χ1n) is 8.68. The number of piperidine rings is 1. The number of aromatic nitrogens is 2. The lowest BCUT2D eigenvalue weighted by molar-refractivity contribution is 0.0660. The molecule has 2 aliphatic heterocycles. The van der Waals surface area contributed by atoms with Gasteiger partial charge in [-0.1, -0.05) is 17.4 Å². The Kier molecular flexibility index (Phi) is 3.38. The van der Waals surface area contributed by atoms with Crippen LogP contribution in [-0.2, 0) is 0 Å². The van der Waals surface area contributed by atoms with E-state index in [-0.39, 0.29) is 0 Å². The minimum absolute atomic E-state index is 0.324. The minimum Gasteiger partial charge on any atom is -0.467 e. The van der Waals surface area contributed by atoms with Crippen molar-refractivity contribution < 1.29 is 4.74 Å². The lowest BCUT2D eigenvalue weighted by Gasteiger charge is -2.35. The molecule has 2 aromatic heterocycles. The Balaban J connectivity index is 1.34. The Labute approximate surface area is 145 Å². The normalized spacial score (nSPS) is 27.0. The fourth-order valence-electron chi connectivity index (χ4n) is 4.25. The van der Waals surface area contributed by atoms with Gasteiger partial charge >= 0.3 is 0 Å². The van der Waals surface area contributed by atoms with Gasteiger partial charge in [0, 0.05) is 30.0 Å². The van der Waals surface area contributed by atoms with E-state index >= 15 is 0 Å². The third-order valence-electron chi connectivity index (χ3n) is 5.64. The number of fused-ring (bicyclic) bond motifs is 3. The average Bonchev–Trinajstić information content (AvgIpc) is 3.27. The van der Waals surface area contributed by atoms with Crippen LogP contribution < -0.4 is 4.74 Å². The van der Waals surface area contributed by atoms with E-state index in [9.17, 15) is 0 Å². The fourth-order valence-corrected chi connectivity index (χ4v) is 5.08. The summed E-state index contributed by atoms with van der Waals surface area (Å²) in [6.45, 7) is 0. The summed E-state index contributed by atoms with van der Waals surface area (Å²) in [4.78, 5) is 11.5. The summed E-state index contributed by atoms with van der Waals surface area (Å²) < 4.78 is 6.23. The van der Waals surface area contributed by atoms with E-state index < -0.39 is 0 Å². The van der Waals surface area contributed by atoms with Crippen molar-refractivity contribution in [3.63, 3.8) is 0 Å². The highest BCUT2D eigenvalue weighted by Crippen LogP contribution is 2.38. The Bertz CT molecular complexity index is 856. The number of hydrogen-bond donors (Lipinski definition) is 1. The topological polar surface area (TPSA) is 41.1 Å². The van der Waals surface area contributed by atoms with Crippen molar-refractivity contribution in [2.24, 2.45) is 0 Å². The van der Waals surface area contributed by atoms with Crippen molar-refractivity contribution in [1.29, 1.82) is 0 Å². The SMILES string of the molecule is CN1C2CC[C@@H]1CC(Oc1ncc(-c3ccc4[nH]ccc4c3)s1)C2. The third kappa shape index (κ3) is 2.43. The largest absolute Gasteiger partial charge is 0.467 e. The highest BCUT2D eigenvalue weighted by Gasteiger charge is 2.39. The van der Waals surface area contributed by atoms with Gasteiger partial charge < -0.3 is 14.6 Å². The Morgan fingerprint density at radius 3 is 2.88 bits per heavy atom. The zero-order valence-corrected chi connectivity index (χ0v) is 14.6. The summed E-state index contributed by atoms with van der Waals surface area (Å²) >= 11 is 1.66. The van der Waals surface area contributed by atoms with Gasteiger partial charge in [-0.05, 0) is 61.9 Å². The molecule has 3 aromatic rings. The number of nitrogens with one attached hydrogen (secondary N) is 1. The van der Waals surface area contributed by atoms with Gasteiger partial charge in [0.2, 0.25) is 0 Å². The summed E-state index contributed by atoms with van der Waals surface area (Å²) in [5.74, 6) is 0. The number of ether oxygens (including phenoxy) is 1. The monoisotopic (exact) mass is 339 g/mol. The predicted octanol–water partition coefficient (Wildman–Crippen LogP) is 4.30. The maximum atomic E-state index is 6.23. The summed E-state index contributed by atoms with van der Waals surface area (Å²) in [7, 11) is 2.26. The quantitative estimate of drug-likeness (QED) is 0.774. The lowest BCUT2D eigenvalue weighted by atomic mass is 10.0. The number of rotatable bonds is 3. The molecular formula is C19H21N3OS. The summed E-state index contributed by atoms with van der Waals surface area (Å²) in [6.07, 6.45) is 9.15. The molecule has 0 spiro atoms. The van der Waals surface area contributed by atoms with Gasteiger partial charge in [0.15, 0.2) is 0 Å². The number of thiazole rings is 1. The van der Waals surface area contributed by atoms with Crippen LogP contribution in [0.4, 0.5) is 0 Å². The minimum atomic E-state index is 0.324. The van der Waals surface area contributed by atoms with Crippen molar-refractivity contribution in [2.45, 2.75) is 43.9 Å². The average molecular weight is 339 g/mol. The van der Waals surface area contributed by atoms with Gasteiger partial charge in [-0.2, -0.15) is 0 Å². The van der Waals surface area contributed by atoms with Gasteiger partial charge in [0.1, 0.15) is 6.10 Å². The Morgan fingerprint density at radius 2 is 2.04 bits per heavy atom. The number of H-pyrrole nitrogens is 1. The van der Waals surface area contributed by atoms with Crippen LogP contribution >= 0.6 is 11.3 Å². The van der Waals surface area contributed by atoms with Gasteiger partial charge in [-0.15, -0.1) is 0 Å². The van der Waals surface area contributed by atoms with Crippen molar-refractivity contribution >= 4 is 22.2 Å². The lowest BCUT2D eigenvalue weighted by Crippen LogP contribution is -2.43. The zero-order valence-electron chi connectivity index (χ0n) is 13.7. The predicted molar refractivity (Wildman–Crippen MR) is 97.6 cm³/mol. The number of nitrogens with zero attached hydrogens (tertiary/aromatic N) is 2. The van der Waals surface area contributed by atoms with Crippen LogP contribution in [0.3, 0.4) is 0 Å². The van der Waals surface area contributed by atoms with Crippen LogP contribution in [0.25, 0.3) is 21.3 Å². The molecule has 2 aliphatic rings. The standard InChI is InChI=1S/C19H21N3OS/c1-22-14-3-4-15(22)10-16(9-14)23-19-21-11-18(24-19)13-2-5-17-12(8-13)6-7-20-17/h2,5-8,11,14-16,20H,3-4,9-10H2,1H3/t14-,15?,16?/m1/s1. The second-order valence-electron chi connectivity index (χ2n) is 7.03. The van der Waals surface area contributed by atoms with Gasteiger partial charge in [0.25, 0.3) is 5.19 Å². The zero-order chi connectivity index (χ0) is 16.1. The van der Waals surface area contributed by atoms with E-state index in [1.807, 2.05) is 12.4 Å². The second kappa shape index (κ2) is 5.60. The molecule has 1 N–H and O–H groups in total. The molecule has 0 aliphatic carbocycles. The van der Waals surface area contributed by atoms with E-state index in [0.717, 1.165) is 18.0 Å². The van der Waals surface area contributed by atoms with E-state index in [2.05, 4.69) is 46.2 Å². The molecule has 0 amide bonds. The van der Waals surface area contributed by atoms with E-state index in [1.165, 1.54) is 34.2 Å². The van der Waals surface area contributed by atoms with Crippen molar-refractivity contribution in [3.8, 4) is 15.6 Å². The van der Waals surface area contributed by atoms with Crippen LogP contribution in [-0.4, -0.2) is 40.1 Å². The molecule has 124 valence electrons. The van der Waals surface area contributed by atoms with Crippen molar-refractivity contribution in [1.82, 2.24) is 14.9 Å². The summed E-state index contributed by atoms with van der Waals surface area (Å²) in [5, 5.41) is 2.04. The number of aromatic amines is 1. The number of hydrogen-bond acceptors (Lipinski definition) is 4. The molecule has 0 radical (unpaired) electrons. The van der Waals surface area contributed by atoms with E-state index in [0.29, 0.717) is 18.2 Å². The molecule has 0 saturated carbocycles. The molecule has 24 heavy (non-hydrogen) atoms. The van der Waals surface area contributed by atoms with Crippen molar-refractivity contribution in [3.05, 3.63) is 36.7 Å². The van der Waals surface area contributed by atoms with Gasteiger partial charge in [-0.3, -0.25) is 0 Å². The molecule has 5 heteroatoms. The Morgan fingerprint density at radius 1 is 1.21 bits per heavy atom. The van der Waals surface area contributed by atoms with Crippen LogP contribution in [0, 0.1) is 0 Å². The van der Waals surface area contributed by atoms with E-state index in [4.69, 9.17) is 4.74 Å². The maximum Gasteiger partial charge on any atom is 0.273 e. The molecule has 2 bridgehead atoms. The van der Waals surface area contributed by atoms with Gasteiger partial charge in [0.05, 0.1) is 4.88 Å². The first kappa shape index (κ1) is 14.5. The summed E-state index contributed by atoms with van der Waals surface area (Å²) in [6, 6.07) is 9.98. The first-order valence-corrected chi connectivity index (χ1v) is 9.50. The fraction of sp³-hybridized carbons (Fsp3) is 0.421. The first-order chi connectivity index (χ1) is 11.8. The maximum absolute atomic E-state index is 6.23. The van der Waals surface area contributed by atoms with Crippen LogP contribution in [0.15, 0.2) is 36.7 Å². The van der Waals surface area contributed by atoms with E-state index in [1.54, 1.807) is 11.3 Å². The molecule has 2 fully saturated rings.